The summed E-state index contributed by atoms with van der Waals surface area (Å²) < 4.78 is 0. The molecule has 3 heteroatoms. The Morgan fingerprint density at radius 3 is 3.06 bits per heavy atom. The molecule has 0 unspecified atom stereocenters. The zero-order valence-corrected chi connectivity index (χ0v) is 11.9. The molecule has 100 valence electrons. The highest BCUT2D eigenvalue weighted by atomic mass is 32.2. The second-order valence-electron chi connectivity index (χ2n) is 4.89. The second-order valence-corrected chi connectivity index (χ2v) is 6.03. The van der Waals surface area contributed by atoms with E-state index in [1.807, 2.05) is 11.8 Å². The molecule has 0 aromatic heterocycles. The molecule has 0 aliphatic carbocycles. The minimum absolute atomic E-state index is 0.810. The normalized spacial score (nSPS) is 14.5. The first-order chi connectivity index (χ1) is 8.90. The number of aryl methyl sites for hydroxylation is 1. The van der Waals surface area contributed by atoms with E-state index >= 15 is 0 Å². The molecule has 0 radical (unpaired) electrons. The fourth-order valence-corrected chi connectivity index (χ4v) is 3.34. The number of fused-ring (bicyclic) bond motifs is 1. The first-order valence-electron chi connectivity index (χ1n) is 7.05. The van der Waals surface area contributed by atoms with Gasteiger partial charge in [-0.2, -0.15) is 0 Å². The van der Waals surface area contributed by atoms with Crippen LogP contribution >= 0.6 is 11.8 Å². The van der Waals surface area contributed by atoms with E-state index in [9.17, 15) is 0 Å². The maximum Gasteiger partial charge on any atom is 0.0104 e. The zero-order chi connectivity index (χ0) is 12.6. The lowest BCUT2D eigenvalue weighted by molar-refractivity contribution is 0.626. The molecule has 2 nitrogen and oxygen atoms in total. The summed E-state index contributed by atoms with van der Waals surface area (Å²) in [5.41, 5.74) is 8.51. The van der Waals surface area contributed by atoms with E-state index in [0.29, 0.717) is 0 Å². The summed E-state index contributed by atoms with van der Waals surface area (Å²) in [6, 6.07) is 7.00. The maximum absolute atomic E-state index is 5.47. The molecule has 0 fully saturated rings. The molecule has 0 atom stereocenters. The predicted octanol–water partition coefficient (Wildman–Crippen LogP) is 2.60. The molecule has 1 aromatic carbocycles. The minimum atomic E-state index is 0.810. The summed E-state index contributed by atoms with van der Waals surface area (Å²) in [7, 11) is 0. The minimum Gasteiger partial charge on any atom is -0.330 e. The Labute approximate surface area is 115 Å². The van der Waals surface area contributed by atoms with Crippen molar-refractivity contribution in [1.82, 2.24) is 5.32 Å². The SMILES string of the molecule is NCCCCNCCc1ccc2c(c1)CCCS2. The Bertz CT molecular complexity index is 366. The number of thioether (sulfide) groups is 1. The van der Waals surface area contributed by atoms with Gasteiger partial charge in [0, 0.05) is 4.90 Å². The average Bonchev–Trinajstić information content (AvgIpc) is 2.42. The van der Waals surface area contributed by atoms with Crippen molar-refractivity contribution in [3.05, 3.63) is 29.3 Å². The third kappa shape index (κ3) is 4.30. The van der Waals surface area contributed by atoms with Gasteiger partial charge in [0.1, 0.15) is 0 Å². The maximum atomic E-state index is 5.47. The highest BCUT2D eigenvalue weighted by molar-refractivity contribution is 7.99. The number of hydrogen-bond acceptors (Lipinski definition) is 3. The highest BCUT2D eigenvalue weighted by Crippen LogP contribution is 2.30. The second kappa shape index (κ2) is 7.82. The van der Waals surface area contributed by atoms with Crippen molar-refractivity contribution < 1.29 is 0 Å². The van der Waals surface area contributed by atoms with Crippen LogP contribution < -0.4 is 11.1 Å². The van der Waals surface area contributed by atoms with Gasteiger partial charge in [0.2, 0.25) is 0 Å². The van der Waals surface area contributed by atoms with Crippen molar-refractivity contribution >= 4 is 11.8 Å². The lowest BCUT2D eigenvalue weighted by atomic mass is 10.0. The summed E-state index contributed by atoms with van der Waals surface area (Å²) in [6.45, 7) is 2.98. The van der Waals surface area contributed by atoms with E-state index in [0.717, 1.165) is 32.5 Å². The van der Waals surface area contributed by atoms with Gasteiger partial charge in [-0.25, -0.2) is 0 Å². The van der Waals surface area contributed by atoms with Crippen LogP contribution in [0.15, 0.2) is 23.1 Å². The Morgan fingerprint density at radius 2 is 2.17 bits per heavy atom. The number of rotatable bonds is 7. The van der Waals surface area contributed by atoms with E-state index < -0.39 is 0 Å². The van der Waals surface area contributed by atoms with Crippen molar-refractivity contribution in [2.45, 2.75) is 37.0 Å². The highest BCUT2D eigenvalue weighted by Gasteiger charge is 2.09. The van der Waals surface area contributed by atoms with Gasteiger partial charge in [0.25, 0.3) is 0 Å². The van der Waals surface area contributed by atoms with Crippen molar-refractivity contribution in [3.63, 3.8) is 0 Å². The Morgan fingerprint density at radius 1 is 1.22 bits per heavy atom. The average molecular weight is 264 g/mol. The lowest BCUT2D eigenvalue weighted by Gasteiger charge is -2.16. The largest absolute Gasteiger partial charge is 0.330 e. The molecule has 0 saturated carbocycles. The molecule has 0 spiro atoms. The van der Waals surface area contributed by atoms with Gasteiger partial charge in [0.15, 0.2) is 0 Å². The van der Waals surface area contributed by atoms with E-state index in [2.05, 4.69) is 23.5 Å². The van der Waals surface area contributed by atoms with Gasteiger partial charge in [-0.05, 0) is 74.7 Å². The molecule has 0 saturated heterocycles. The van der Waals surface area contributed by atoms with Gasteiger partial charge in [-0.15, -0.1) is 11.8 Å². The van der Waals surface area contributed by atoms with Crippen LogP contribution in [0, 0.1) is 0 Å². The molecule has 1 aliphatic rings. The fraction of sp³-hybridized carbons (Fsp3) is 0.600. The predicted molar refractivity (Wildman–Crippen MR) is 80.3 cm³/mol. The van der Waals surface area contributed by atoms with Crippen LogP contribution in [-0.2, 0) is 12.8 Å². The third-order valence-electron chi connectivity index (χ3n) is 3.37. The summed E-state index contributed by atoms with van der Waals surface area (Å²) in [6.07, 6.45) is 6.06. The molecule has 1 aliphatic heterocycles. The lowest BCUT2D eigenvalue weighted by Crippen LogP contribution is -2.19. The van der Waals surface area contributed by atoms with Gasteiger partial charge < -0.3 is 11.1 Å². The Kier molecular flexibility index (Phi) is 6.05. The molecule has 1 aromatic rings. The van der Waals surface area contributed by atoms with Crippen LogP contribution in [0.4, 0.5) is 0 Å². The van der Waals surface area contributed by atoms with Crippen molar-refractivity contribution in [2.75, 3.05) is 25.4 Å². The molecule has 18 heavy (non-hydrogen) atoms. The van der Waals surface area contributed by atoms with Crippen LogP contribution in [0.25, 0.3) is 0 Å². The van der Waals surface area contributed by atoms with Crippen LogP contribution in [-0.4, -0.2) is 25.4 Å². The standard InChI is InChI=1S/C15H24N2S/c16-8-1-2-9-17-10-7-13-5-6-15-14(12-13)4-3-11-18-15/h5-6,12,17H,1-4,7-11,16H2. The van der Waals surface area contributed by atoms with Gasteiger partial charge in [0.05, 0.1) is 0 Å². The molecular weight excluding hydrogens is 240 g/mol. The first-order valence-corrected chi connectivity index (χ1v) is 8.04. The van der Waals surface area contributed by atoms with E-state index in [-0.39, 0.29) is 0 Å². The topological polar surface area (TPSA) is 38.0 Å². The summed E-state index contributed by atoms with van der Waals surface area (Å²) in [4.78, 5) is 1.50. The summed E-state index contributed by atoms with van der Waals surface area (Å²) >= 11 is 2.01. The quantitative estimate of drug-likeness (QED) is 0.744. The zero-order valence-electron chi connectivity index (χ0n) is 11.1. The Balaban J connectivity index is 1.72. The molecule has 0 amide bonds. The molecule has 1 heterocycles. The number of unbranched alkanes of at least 4 members (excludes halogenated alkanes) is 1. The summed E-state index contributed by atoms with van der Waals surface area (Å²) in [5.74, 6) is 1.29. The van der Waals surface area contributed by atoms with Crippen molar-refractivity contribution in [3.8, 4) is 0 Å². The van der Waals surface area contributed by atoms with Gasteiger partial charge in [-0.1, -0.05) is 12.1 Å². The number of nitrogens with one attached hydrogen (secondary N) is 1. The third-order valence-corrected chi connectivity index (χ3v) is 4.57. The van der Waals surface area contributed by atoms with Gasteiger partial charge >= 0.3 is 0 Å². The van der Waals surface area contributed by atoms with Crippen LogP contribution in [0.3, 0.4) is 0 Å². The number of nitrogens with two attached hydrogens (primary N) is 1. The first kappa shape index (κ1) is 13.9. The monoisotopic (exact) mass is 264 g/mol. The van der Waals surface area contributed by atoms with Gasteiger partial charge in [-0.3, -0.25) is 0 Å². The van der Waals surface area contributed by atoms with E-state index in [1.54, 1.807) is 5.56 Å². The number of benzene rings is 1. The van der Waals surface area contributed by atoms with E-state index in [4.69, 9.17) is 5.73 Å². The number of hydrogen-bond donors (Lipinski definition) is 2. The molecular formula is C15H24N2S. The van der Waals surface area contributed by atoms with E-state index in [1.165, 1.54) is 35.5 Å². The van der Waals surface area contributed by atoms with Crippen molar-refractivity contribution in [1.29, 1.82) is 0 Å². The Hall–Kier alpha value is -0.510. The fourth-order valence-electron chi connectivity index (χ4n) is 2.32. The van der Waals surface area contributed by atoms with Crippen LogP contribution in [0.5, 0.6) is 0 Å². The molecule has 2 rings (SSSR count). The van der Waals surface area contributed by atoms with Crippen molar-refractivity contribution in [2.24, 2.45) is 5.73 Å². The van der Waals surface area contributed by atoms with Crippen LogP contribution in [0.1, 0.15) is 30.4 Å². The smallest absolute Gasteiger partial charge is 0.0104 e. The van der Waals surface area contributed by atoms with Crippen LogP contribution in [0.2, 0.25) is 0 Å². The molecule has 3 N–H and O–H groups in total. The molecule has 0 bridgehead atoms. The summed E-state index contributed by atoms with van der Waals surface area (Å²) in [5, 5.41) is 3.49.